The van der Waals surface area contributed by atoms with Crippen molar-refractivity contribution in [2.45, 2.75) is 6.54 Å². The van der Waals surface area contributed by atoms with Crippen molar-refractivity contribution in [3.05, 3.63) is 60.9 Å². The quantitative estimate of drug-likeness (QED) is 0.676. The molecule has 0 unspecified atom stereocenters. The lowest BCUT2D eigenvalue weighted by Crippen LogP contribution is -2.36. The highest BCUT2D eigenvalue weighted by Gasteiger charge is 2.25. The fourth-order valence-corrected chi connectivity index (χ4v) is 3.40. The lowest BCUT2D eigenvalue weighted by atomic mass is 10.1. The third kappa shape index (κ3) is 3.59. The van der Waals surface area contributed by atoms with E-state index in [0.717, 1.165) is 22.2 Å². The number of aromatic nitrogens is 2. The summed E-state index contributed by atoms with van der Waals surface area (Å²) in [4.78, 5) is 24.8. The Kier molecular flexibility index (Phi) is 5.03. The van der Waals surface area contributed by atoms with E-state index >= 15 is 0 Å². The molecule has 1 amide bonds. The normalized spacial score (nSPS) is 12.8. The first-order valence-corrected chi connectivity index (χ1v) is 9.43. The van der Waals surface area contributed by atoms with Crippen LogP contribution in [0.2, 0.25) is 0 Å². The lowest BCUT2D eigenvalue weighted by molar-refractivity contribution is -0.114. The largest absolute Gasteiger partial charge is 0.489 e. The Morgan fingerprint density at radius 2 is 2.03 bits per heavy atom. The van der Waals surface area contributed by atoms with E-state index in [2.05, 4.69) is 51.0 Å². The van der Waals surface area contributed by atoms with Gasteiger partial charge < -0.3 is 19.9 Å². The van der Waals surface area contributed by atoms with Crippen LogP contribution >= 0.6 is 0 Å². The Balaban J connectivity index is 1.68. The number of ether oxygens (including phenoxy) is 1. The number of amides is 1. The first-order chi connectivity index (χ1) is 14.1. The van der Waals surface area contributed by atoms with Gasteiger partial charge in [-0.2, -0.15) is 0 Å². The van der Waals surface area contributed by atoms with Crippen molar-refractivity contribution in [2.75, 3.05) is 42.4 Å². The number of nitrogens with zero attached hydrogens (tertiary/aromatic N) is 4. The van der Waals surface area contributed by atoms with Gasteiger partial charge >= 0.3 is 0 Å². The van der Waals surface area contributed by atoms with Crippen molar-refractivity contribution < 1.29 is 9.53 Å². The highest BCUT2D eigenvalue weighted by molar-refractivity contribution is 6.07. The molecule has 0 aliphatic carbocycles. The van der Waals surface area contributed by atoms with Crippen LogP contribution in [0, 0.1) is 0 Å². The molecule has 0 bridgehead atoms. The third-order valence-corrected chi connectivity index (χ3v) is 4.94. The molecule has 0 atom stereocenters. The van der Waals surface area contributed by atoms with Crippen molar-refractivity contribution in [1.29, 1.82) is 0 Å². The average Bonchev–Trinajstić information content (AvgIpc) is 2.76. The molecule has 1 aliphatic heterocycles. The van der Waals surface area contributed by atoms with E-state index in [4.69, 9.17) is 4.74 Å². The highest BCUT2D eigenvalue weighted by Crippen LogP contribution is 2.40. The molecule has 0 fully saturated rings. The summed E-state index contributed by atoms with van der Waals surface area (Å²) in [7, 11) is 4.04. The predicted molar refractivity (Wildman–Crippen MR) is 116 cm³/mol. The Labute approximate surface area is 169 Å². The number of nitrogens with one attached hydrogen (secondary N) is 1. The van der Waals surface area contributed by atoms with E-state index in [1.54, 1.807) is 4.90 Å². The maximum Gasteiger partial charge on any atom is 0.250 e. The number of hydrogen-bond donors (Lipinski definition) is 1. The molecule has 1 aromatic heterocycles. The molecule has 0 radical (unpaired) electrons. The highest BCUT2D eigenvalue weighted by atomic mass is 16.5. The van der Waals surface area contributed by atoms with Gasteiger partial charge in [0.2, 0.25) is 0 Å². The number of carbonyl (C=O) groups excluding carboxylic acids is 1. The number of fused-ring (bicyclic) bond motifs is 3. The van der Waals surface area contributed by atoms with Gasteiger partial charge in [0, 0.05) is 26.3 Å². The molecule has 0 spiro atoms. The number of hydrogen-bond acceptors (Lipinski definition) is 6. The third-order valence-electron chi connectivity index (χ3n) is 4.94. The Morgan fingerprint density at radius 1 is 1.24 bits per heavy atom. The van der Waals surface area contributed by atoms with Gasteiger partial charge in [-0.05, 0) is 35.9 Å². The second-order valence-corrected chi connectivity index (χ2v) is 6.99. The summed E-state index contributed by atoms with van der Waals surface area (Å²) in [6.07, 6.45) is 2.85. The summed E-state index contributed by atoms with van der Waals surface area (Å²) in [5.74, 6) is 1.15. The van der Waals surface area contributed by atoms with Crippen molar-refractivity contribution in [3.63, 3.8) is 0 Å². The van der Waals surface area contributed by atoms with Crippen LogP contribution in [0.4, 0.5) is 17.2 Å². The van der Waals surface area contributed by atoms with E-state index in [9.17, 15) is 4.79 Å². The van der Waals surface area contributed by atoms with Crippen LogP contribution in [-0.2, 0) is 11.3 Å². The fraction of sp³-hybridized carbons (Fsp3) is 0.227. The summed E-state index contributed by atoms with van der Waals surface area (Å²) in [5, 5.41) is 4.17. The van der Waals surface area contributed by atoms with Crippen LogP contribution in [0.3, 0.4) is 0 Å². The van der Waals surface area contributed by atoms with Crippen LogP contribution in [0.5, 0.6) is 5.75 Å². The van der Waals surface area contributed by atoms with E-state index in [-0.39, 0.29) is 5.91 Å². The first-order valence-electron chi connectivity index (χ1n) is 9.43. The minimum atomic E-state index is -0.152. The maximum absolute atomic E-state index is 12.2. The minimum absolute atomic E-state index is 0.152. The lowest BCUT2D eigenvalue weighted by Gasteiger charge is -2.29. The molecule has 7 heteroatoms. The maximum atomic E-state index is 12.2. The molecule has 148 valence electrons. The smallest absolute Gasteiger partial charge is 0.250 e. The molecule has 0 saturated carbocycles. The Hall–Kier alpha value is -3.61. The van der Waals surface area contributed by atoms with Crippen LogP contribution in [0.25, 0.3) is 10.9 Å². The zero-order valence-corrected chi connectivity index (χ0v) is 16.6. The standard InChI is InChI=1S/C22H23N5O2/c1-4-19(28)27-11-12-29-21-18(27)10-9-17-20(21)22(25-14-24-17)23-13-15-5-7-16(8-6-15)26(2)3/h4-10,14H,1,11-13H2,2-3H3,(H,23,24,25). The second-order valence-electron chi connectivity index (χ2n) is 6.99. The van der Waals surface area contributed by atoms with Gasteiger partial charge in [-0.1, -0.05) is 18.7 Å². The van der Waals surface area contributed by atoms with Crippen LogP contribution in [0.15, 0.2) is 55.4 Å². The molecule has 7 nitrogen and oxygen atoms in total. The molecule has 2 aromatic carbocycles. The van der Waals surface area contributed by atoms with Crippen LogP contribution in [-0.4, -0.2) is 43.1 Å². The van der Waals surface area contributed by atoms with Crippen LogP contribution < -0.4 is 19.9 Å². The zero-order chi connectivity index (χ0) is 20.4. The molecular formula is C22H23N5O2. The van der Waals surface area contributed by atoms with Gasteiger partial charge in [0.1, 0.15) is 18.8 Å². The topological polar surface area (TPSA) is 70.6 Å². The van der Waals surface area contributed by atoms with Crippen LogP contribution in [0.1, 0.15) is 5.56 Å². The number of rotatable bonds is 5. The summed E-state index contributed by atoms with van der Waals surface area (Å²) >= 11 is 0. The fourth-order valence-electron chi connectivity index (χ4n) is 3.40. The van der Waals surface area contributed by atoms with Gasteiger partial charge in [-0.15, -0.1) is 0 Å². The van der Waals surface area contributed by atoms with Gasteiger partial charge in [-0.25, -0.2) is 9.97 Å². The van der Waals surface area contributed by atoms with E-state index in [0.29, 0.717) is 37.0 Å². The Bertz CT molecular complexity index is 1060. The second kappa shape index (κ2) is 7.79. The number of anilines is 3. The minimum Gasteiger partial charge on any atom is -0.489 e. The predicted octanol–water partition coefficient (Wildman–Crippen LogP) is 3.22. The van der Waals surface area contributed by atoms with E-state index in [1.807, 2.05) is 26.2 Å². The van der Waals surface area contributed by atoms with Crippen molar-refractivity contribution >= 4 is 34.0 Å². The number of carbonyl (C=O) groups is 1. The molecule has 3 aromatic rings. The zero-order valence-electron chi connectivity index (χ0n) is 16.6. The average molecular weight is 389 g/mol. The summed E-state index contributed by atoms with van der Waals surface area (Å²) in [6.45, 7) is 5.10. The molecule has 0 saturated heterocycles. The molecule has 4 rings (SSSR count). The van der Waals surface area contributed by atoms with E-state index < -0.39 is 0 Å². The molecule has 29 heavy (non-hydrogen) atoms. The molecule has 1 aliphatic rings. The van der Waals surface area contributed by atoms with Gasteiger partial charge in [0.15, 0.2) is 5.75 Å². The Morgan fingerprint density at radius 3 is 2.76 bits per heavy atom. The summed E-state index contributed by atoms with van der Waals surface area (Å²) < 4.78 is 5.94. The van der Waals surface area contributed by atoms with Crippen molar-refractivity contribution in [1.82, 2.24) is 9.97 Å². The molecule has 1 N–H and O–H groups in total. The molecular weight excluding hydrogens is 366 g/mol. The van der Waals surface area contributed by atoms with Gasteiger partial charge in [0.05, 0.1) is 23.1 Å². The van der Waals surface area contributed by atoms with Crippen molar-refractivity contribution in [3.8, 4) is 5.75 Å². The van der Waals surface area contributed by atoms with Gasteiger partial charge in [-0.3, -0.25) is 4.79 Å². The molecule has 2 heterocycles. The first kappa shape index (κ1) is 18.7. The SMILES string of the molecule is C=CC(=O)N1CCOc2c1ccc1ncnc(NCc3ccc(N(C)C)cc3)c21. The van der Waals surface area contributed by atoms with E-state index in [1.165, 1.54) is 12.4 Å². The summed E-state index contributed by atoms with van der Waals surface area (Å²) in [5.41, 5.74) is 3.76. The monoisotopic (exact) mass is 389 g/mol. The van der Waals surface area contributed by atoms with Crippen molar-refractivity contribution in [2.24, 2.45) is 0 Å². The summed E-state index contributed by atoms with van der Waals surface area (Å²) in [6, 6.07) is 12.1. The van der Waals surface area contributed by atoms with Gasteiger partial charge in [0.25, 0.3) is 5.91 Å². The number of benzene rings is 2.